The fourth-order valence-electron chi connectivity index (χ4n) is 2.14. The normalized spacial score (nSPS) is 19.1. The molecule has 0 aromatic rings. The highest BCUT2D eigenvalue weighted by Crippen LogP contribution is 2.12. The van der Waals surface area contributed by atoms with E-state index in [4.69, 9.17) is 4.74 Å². The van der Waals surface area contributed by atoms with Gasteiger partial charge in [0.1, 0.15) is 0 Å². The van der Waals surface area contributed by atoms with E-state index in [0.29, 0.717) is 18.7 Å². The third-order valence-corrected chi connectivity index (χ3v) is 3.79. The first kappa shape index (κ1) is 14.6. The second kappa shape index (κ2) is 7.82. The van der Waals surface area contributed by atoms with Crippen molar-refractivity contribution in [2.75, 3.05) is 31.7 Å². The Labute approximate surface area is 108 Å². The molecule has 100 valence electrons. The molecule has 0 spiro atoms. The fraction of sp³-hybridized carbons (Fsp3) is 0.917. The van der Waals surface area contributed by atoms with Crippen molar-refractivity contribution in [2.24, 2.45) is 0 Å². The highest BCUT2D eigenvalue weighted by molar-refractivity contribution is 7.98. The van der Waals surface area contributed by atoms with Gasteiger partial charge >= 0.3 is 6.09 Å². The van der Waals surface area contributed by atoms with E-state index in [1.807, 2.05) is 18.7 Å². The number of hydrogen-bond acceptors (Lipinski definition) is 4. The quantitative estimate of drug-likeness (QED) is 0.820. The van der Waals surface area contributed by atoms with Crippen LogP contribution < -0.4 is 5.32 Å². The maximum atomic E-state index is 11.5. The molecule has 0 bridgehead atoms. The highest BCUT2D eigenvalue weighted by Gasteiger charge is 2.23. The number of amides is 1. The summed E-state index contributed by atoms with van der Waals surface area (Å²) in [5.41, 5.74) is 0. The molecule has 1 aliphatic heterocycles. The van der Waals surface area contributed by atoms with Crippen LogP contribution in [0.4, 0.5) is 4.79 Å². The van der Waals surface area contributed by atoms with Crippen molar-refractivity contribution in [1.82, 2.24) is 10.2 Å². The van der Waals surface area contributed by atoms with Gasteiger partial charge in [0.05, 0.1) is 6.61 Å². The van der Waals surface area contributed by atoms with Gasteiger partial charge in [-0.1, -0.05) is 0 Å². The number of carbonyl (C=O) groups excluding carboxylic acids is 1. The topological polar surface area (TPSA) is 41.6 Å². The number of hydrogen-bond donors (Lipinski definition) is 1. The van der Waals surface area contributed by atoms with Gasteiger partial charge in [0, 0.05) is 30.9 Å². The second-order valence-electron chi connectivity index (χ2n) is 4.48. The Morgan fingerprint density at radius 1 is 1.53 bits per heavy atom. The molecular formula is C12H24N2O2S. The number of ether oxygens (including phenoxy) is 1. The molecule has 5 heteroatoms. The Bertz CT molecular complexity index is 231. The lowest BCUT2D eigenvalue weighted by atomic mass is 10.0. The molecule has 1 atom stereocenters. The maximum absolute atomic E-state index is 11.5. The zero-order valence-electron chi connectivity index (χ0n) is 11.1. The molecule has 1 N–H and O–H groups in total. The summed E-state index contributed by atoms with van der Waals surface area (Å²) in [6.45, 7) is 6.14. The van der Waals surface area contributed by atoms with Crippen LogP contribution in [0.3, 0.4) is 0 Å². The van der Waals surface area contributed by atoms with E-state index >= 15 is 0 Å². The van der Waals surface area contributed by atoms with E-state index in [1.54, 1.807) is 4.90 Å². The van der Waals surface area contributed by atoms with Crippen LogP contribution in [0.1, 0.15) is 26.7 Å². The minimum atomic E-state index is -0.164. The number of carbonyl (C=O) groups is 1. The van der Waals surface area contributed by atoms with Gasteiger partial charge in [-0.25, -0.2) is 4.79 Å². The summed E-state index contributed by atoms with van der Waals surface area (Å²) in [5, 5.41) is 3.61. The minimum absolute atomic E-state index is 0.164. The minimum Gasteiger partial charge on any atom is -0.450 e. The second-order valence-corrected chi connectivity index (χ2v) is 5.39. The molecule has 1 heterocycles. The van der Waals surface area contributed by atoms with Crippen LogP contribution in [0, 0.1) is 0 Å². The summed E-state index contributed by atoms with van der Waals surface area (Å²) in [6.07, 6.45) is 4.01. The summed E-state index contributed by atoms with van der Waals surface area (Å²) < 4.78 is 5.00. The Hall–Kier alpha value is -0.420. The predicted molar refractivity (Wildman–Crippen MR) is 72.6 cm³/mol. The standard InChI is InChI=1S/C12H24N2O2S/c1-4-16-12(15)14-7-5-11(6-8-14)13-10(2)9-17-3/h10-11,13H,4-9H2,1-3H3. The largest absolute Gasteiger partial charge is 0.450 e. The van der Waals surface area contributed by atoms with E-state index in [0.717, 1.165) is 31.7 Å². The monoisotopic (exact) mass is 260 g/mol. The maximum Gasteiger partial charge on any atom is 0.409 e. The van der Waals surface area contributed by atoms with Gasteiger partial charge in [-0.2, -0.15) is 11.8 Å². The Kier molecular flexibility index (Phi) is 6.73. The first-order valence-electron chi connectivity index (χ1n) is 6.34. The van der Waals surface area contributed by atoms with Gasteiger partial charge < -0.3 is 15.0 Å². The Balaban J connectivity index is 2.23. The molecule has 1 aliphatic rings. The zero-order chi connectivity index (χ0) is 12.7. The third kappa shape index (κ3) is 5.17. The summed E-state index contributed by atoms with van der Waals surface area (Å²) in [5.74, 6) is 1.14. The molecular weight excluding hydrogens is 236 g/mol. The lowest BCUT2D eigenvalue weighted by molar-refractivity contribution is 0.0946. The SMILES string of the molecule is CCOC(=O)N1CCC(NC(C)CSC)CC1. The third-order valence-electron chi connectivity index (χ3n) is 2.96. The molecule has 1 saturated heterocycles. The van der Waals surface area contributed by atoms with Gasteiger partial charge in [-0.3, -0.25) is 0 Å². The molecule has 0 aromatic heterocycles. The van der Waals surface area contributed by atoms with Crippen LogP contribution >= 0.6 is 11.8 Å². The molecule has 1 unspecified atom stereocenters. The van der Waals surface area contributed by atoms with Crippen molar-refractivity contribution in [3.63, 3.8) is 0 Å². The van der Waals surface area contributed by atoms with Crippen LogP contribution in [-0.4, -0.2) is 54.8 Å². The molecule has 0 aliphatic carbocycles. The Morgan fingerprint density at radius 3 is 2.71 bits per heavy atom. The van der Waals surface area contributed by atoms with E-state index in [9.17, 15) is 4.79 Å². The molecule has 4 nitrogen and oxygen atoms in total. The van der Waals surface area contributed by atoms with Gasteiger partial charge in [0.2, 0.25) is 0 Å². The van der Waals surface area contributed by atoms with Crippen molar-refractivity contribution >= 4 is 17.9 Å². The summed E-state index contributed by atoms with van der Waals surface area (Å²) in [7, 11) is 0. The fourth-order valence-corrected chi connectivity index (χ4v) is 2.74. The molecule has 0 radical (unpaired) electrons. The zero-order valence-corrected chi connectivity index (χ0v) is 11.9. The van der Waals surface area contributed by atoms with Crippen LogP contribution in [0.2, 0.25) is 0 Å². The average molecular weight is 260 g/mol. The summed E-state index contributed by atoms with van der Waals surface area (Å²) in [6, 6.07) is 1.09. The molecule has 1 rings (SSSR count). The van der Waals surface area contributed by atoms with Crippen LogP contribution in [-0.2, 0) is 4.74 Å². The first-order chi connectivity index (χ1) is 8.17. The molecule has 0 saturated carbocycles. The van der Waals surface area contributed by atoms with Gasteiger partial charge in [0.15, 0.2) is 0 Å². The van der Waals surface area contributed by atoms with E-state index in [-0.39, 0.29) is 6.09 Å². The highest BCUT2D eigenvalue weighted by atomic mass is 32.2. The van der Waals surface area contributed by atoms with Crippen LogP contribution in [0.5, 0.6) is 0 Å². The van der Waals surface area contributed by atoms with Crippen molar-refractivity contribution in [1.29, 1.82) is 0 Å². The number of likely N-dealkylation sites (tertiary alicyclic amines) is 1. The van der Waals surface area contributed by atoms with Crippen molar-refractivity contribution in [3.05, 3.63) is 0 Å². The molecule has 1 fully saturated rings. The number of piperidine rings is 1. The van der Waals surface area contributed by atoms with Gasteiger partial charge in [0.25, 0.3) is 0 Å². The molecule has 17 heavy (non-hydrogen) atoms. The van der Waals surface area contributed by atoms with Crippen molar-refractivity contribution in [3.8, 4) is 0 Å². The number of thioether (sulfide) groups is 1. The van der Waals surface area contributed by atoms with E-state index < -0.39 is 0 Å². The average Bonchev–Trinajstić information content (AvgIpc) is 2.30. The van der Waals surface area contributed by atoms with Gasteiger partial charge in [-0.15, -0.1) is 0 Å². The van der Waals surface area contributed by atoms with E-state index in [2.05, 4.69) is 18.5 Å². The summed E-state index contributed by atoms with van der Waals surface area (Å²) in [4.78, 5) is 13.3. The lowest BCUT2D eigenvalue weighted by Gasteiger charge is -2.33. The predicted octanol–water partition coefficient (Wildman–Crippen LogP) is 1.95. The number of rotatable bonds is 5. The van der Waals surface area contributed by atoms with Crippen molar-refractivity contribution in [2.45, 2.75) is 38.8 Å². The number of nitrogens with one attached hydrogen (secondary N) is 1. The van der Waals surface area contributed by atoms with Gasteiger partial charge in [-0.05, 0) is 32.9 Å². The summed E-state index contributed by atoms with van der Waals surface area (Å²) >= 11 is 1.86. The number of nitrogens with zero attached hydrogens (tertiary/aromatic N) is 1. The first-order valence-corrected chi connectivity index (χ1v) is 7.73. The molecule has 0 aromatic carbocycles. The van der Waals surface area contributed by atoms with Crippen LogP contribution in [0.25, 0.3) is 0 Å². The smallest absolute Gasteiger partial charge is 0.409 e. The van der Waals surface area contributed by atoms with Crippen molar-refractivity contribution < 1.29 is 9.53 Å². The van der Waals surface area contributed by atoms with E-state index in [1.165, 1.54) is 0 Å². The molecule has 1 amide bonds. The lowest BCUT2D eigenvalue weighted by Crippen LogP contribution is -2.47. The Morgan fingerprint density at radius 2 is 2.18 bits per heavy atom. The van der Waals surface area contributed by atoms with Crippen LogP contribution in [0.15, 0.2) is 0 Å².